The van der Waals surface area contributed by atoms with Crippen LogP contribution >= 0.6 is 0 Å². The Morgan fingerprint density at radius 1 is 0.938 bits per heavy atom. The van der Waals surface area contributed by atoms with E-state index in [4.69, 9.17) is 4.74 Å². The van der Waals surface area contributed by atoms with E-state index < -0.39 is 41.8 Å². The van der Waals surface area contributed by atoms with Gasteiger partial charge < -0.3 is 30.9 Å². The molecule has 274 valence electrons. The van der Waals surface area contributed by atoms with Crippen molar-refractivity contribution in [1.82, 2.24) is 26.2 Å². The number of likely N-dealkylation sites (tertiary alicyclic amines) is 1. The summed E-state index contributed by atoms with van der Waals surface area (Å²) in [6.45, 7) is 22.4. The molecule has 48 heavy (non-hydrogen) atoms. The quantitative estimate of drug-likeness (QED) is 0.136. The first kappa shape index (κ1) is 41.2. The molecule has 11 nitrogen and oxygen atoms in total. The van der Waals surface area contributed by atoms with Gasteiger partial charge in [-0.05, 0) is 69.6 Å². The van der Waals surface area contributed by atoms with Crippen LogP contribution in [0.5, 0.6) is 0 Å². The molecule has 5 amide bonds. The largest absolute Gasteiger partial charge is 0.374 e. The Hall–Kier alpha value is -2.95. The van der Waals surface area contributed by atoms with Gasteiger partial charge in [-0.3, -0.25) is 19.2 Å². The van der Waals surface area contributed by atoms with Gasteiger partial charge in [0.25, 0.3) is 5.91 Å². The highest BCUT2D eigenvalue weighted by Gasteiger charge is 2.47. The number of ether oxygens (including phenoxy) is 1. The lowest BCUT2D eigenvalue weighted by Crippen LogP contribution is -2.61. The molecule has 0 spiro atoms. The molecular formula is C37H65N5O6. The average Bonchev–Trinajstić information content (AvgIpc) is 3.47. The third-order valence-corrected chi connectivity index (χ3v) is 9.67. The third-order valence-electron chi connectivity index (χ3n) is 9.67. The van der Waals surface area contributed by atoms with Crippen LogP contribution in [0.1, 0.15) is 120 Å². The van der Waals surface area contributed by atoms with E-state index in [1.165, 1.54) is 6.08 Å². The van der Waals surface area contributed by atoms with Crippen LogP contribution in [0.25, 0.3) is 0 Å². The number of ketones is 1. The molecule has 2 rings (SSSR count). The third kappa shape index (κ3) is 12.5. The van der Waals surface area contributed by atoms with Crippen LogP contribution in [-0.4, -0.2) is 83.9 Å². The van der Waals surface area contributed by atoms with Gasteiger partial charge in [-0.2, -0.15) is 0 Å². The Bertz CT molecular complexity index is 1100. The number of carbonyl (C=O) groups is 5. The standard InChI is InChI=1S/C37H65N5O6/c1-11-13-19-27(31(43)33(45)38-21-12-2)39-32(44)30-26(24(3)4)20-22-42(30)34(46)29(25-17-15-14-16-18-25)41-35(47)40-28(36(5,6)7)23-48-37(8,9)10/h12,24-30H,2,11,13-23H2,1,3-10H3,(H,38,45)(H,39,44)(H2,40,41,47)/t26-,27?,28-,29+,30+/m1/s1. The molecule has 11 heteroatoms. The Kier molecular flexibility index (Phi) is 16.1. The highest BCUT2D eigenvalue weighted by molar-refractivity contribution is 6.38. The molecule has 1 heterocycles. The molecular weight excluding hydrogens is 610 g/mol. The number of urea groups is 1. The molecule has 0 aromatic rings. The summed E-state index contributed by atoms with van der Waals surface area (Å²) in [6, 6.07) is -3.39. The predicted molar refractivity (Wildman–Crippen MR) is 189 cm³/mol. The Morgan fingerprint density at radius 3 is 2.12 bits per heavy atom. The maximum Gasteiger partial charge on any atom is 0.315 e. The monoisotopic (exact) mass is 675 g/mol. The van der Waals surface area contributed by atoms with Crippen molar-refractivity contribution in [3.8, 4) is 0 Å². The summed E-state index contributed by atoms with van der Waals surface area (Å²) < 4.78 is 6.03. The summed E-state index contributed by atoms with van der Waals surface area (Å²) in [6.07, 6.45) is 8.47. The van der Waals surface area contributed by atoms with Crippen LogP contribution in [0.2, 0.25) is 0 Å². The summed E-state index contributed by atoms with van der Waals surface area (Å²) in [5, 5.41) is 11.5. The molecule has 1 aliphatic carbocycles. The molecule has 1 aliphatic heterocycles. The van der Waals surface area contributed by atoms with Crippen molar-refractivity contribution in [1.29, 1.82) is 0 Å². The zero-order valence-corrected chi connectivity index (χ0v) is 31.2. The van der Waals surface area contributed by atoms with Crippen molar-refractivity contribution in [3.05, 3.63) is 12.7 Å². The molecule has 0 radical (unpaired) electrons. The summed E-state index contributed by atoms with van der Waals surface area (Å²) in [7, 11) is 0. The van der Waals surface area contributed by atoms with Gasteiger partial charge in [0.1, 0.15) is 12.1 Å². The lowest BCUT2D eigenvalue weighted by Gasteiger charge is -2.37. The van der Waals surface area contributed by atoms with Gasteiger partial charge in [-0.1, -0.05) is 79.7 Å². The van der Waals surface area contributed by atoms with Crippen LogP contribution in [-0.2, 0) is 23.9 Å². The molecule has 1 saturated heterocycles. The van der Waals surface area contributed by atoms with E-state index in [2.05, 4.69) is 27.8 Å². The van der Waals surface area contributed by atoms with Crippen molar-refractivity contribution in [2.24, 2.45) is 23.2 Å². The Labute approximate surface area is 289 Å². The fraction of sp³-hybridized carbons (Fsp3) is 0.811. The van der Waals surface area contributed by atoms with Crippen molar-refractivity contribution in [2.75, 3.05) is 19.7 Å². The molecule has 2 aliphatic rings. The van der Waals surface area contributed by atoms with E-state index in [1.807, 2.05) is 62.3 Å². The molecule has 1 unspecified atom stereocenters. The number of hydrogen-bond acceptors (Lipinski definition) is 6. The highest BCUT2D eigenvalue weighted by Crippen LogP contribution is 2.34. The Morgan fingerprint density at radius 2 is 1.58 bits per heavy atom. The van der Waals surface area contributed by atoms with E-state index >= 15 is 0 Å². The van der Waals surface area contributed by atoms with Crippen molar-refractivity contribution >= 4 is 29.5 Å². The smallest absolute Gasteiger partial charge is 0.315 e. The Balaban J connectivity index is 2.37. The molecule has 1 saturated carbocycles. The van der Waals surface area contributed by atoms with Gasteiger partial charge in [-0.15, -0.1) is 6.58 Å². The molecule has 0 aromatic carbocycles. The summed E-state index contributed by atoms with van der Waals surface area (Å²) in [4.78, 5) is 69.6. The maximum atomic E-state index is 14.6. The number of nitrogens with one attached hydrogen (secondary N) is 4. The number of nitrogens with zero attached hydrogens (tertiary/aromatic N) is 1. The number of unbranched alkanes of at least 4 members (excludes halogenated alkanes) is 1. The summed E-state index contributed by atoms with van der Waals surface area (Å²) in [5.74, 6) is -2.33. The van der Waals surface area contributed by atoms with E-state index in [1.54, 1.807) is 4.90 Å². The molecule has 5 atom stereocenters. The first-order chi connectivity index (χ1) is 22.4. The molecule has 0 aromatic heterocycles. The minimum absolute atomic E-state index is 0.0647. The van der Waals surface area contributed by atoms with Gasteiger partial charge in [0.05, 0.1) is 24.3 Å². The first-order valence-electron chi connectivity index (χ1n) is 18.2. The molecule has 0 bridgehead atoms. The van der Waals surface area contributed by atoms with Crippen LogP contribution in [0.4, 0.5) is 4.79 Å². The molecule has 2 fully saturated rings. The zero-order chi connectivity index (χ0) is 36.2. The van der Waals surface area contributed by atoms with E-state index in [-0.39, 0.29) is 47.3 Å². The second kappa shape index (κ2) is 18.7. The van der Waals surface area contributed by atoms with Gasteiger partial charge in [0.2, 0.25) is 17.6 Å². The van der Waals surface area contributed by atoms with Crippen molar-refractivity contribution in [3.63, 3.8) is 0 Å². The summed E-state index contributed by atoms with van der Waals surface area (Å²) >= 11 is 0. The second-order valence-electron chi connectivity index (χ2n) is 16.1. The van der Waals surface area contributed by atoms with E-state index in [0.29, 0.717) is 32.4 Å². The fourth-order valence-corrected chi connectivity index (χ4v) is 6.65. The van der Waals surface area contributed by atoms with E-state index in [0.717, 1.165) is 38.5 Å². The van der Waals surface area contributed by atoms with Gasteiger partial charge >= 0.3 is 6.03 Å². The average molecular weight is 676 g/mol. The minimum atomic E-state index is -1.00. The lowest BCUT2D eigenvalue weighted by molar-refractivity contribution is -0.144. The number of carbonyl (C=O) groups excluding carboxylic acids is 5. The molecule has 4 N–H and O–H groups in total. The summed E-state index contributed by atoms with van der Waals surface area (Å²) in [5.41, 5.74) is -0.681. The van der Waals surface area contributed by atoms with Gasteiger partial charge in [0, 0.05) is 13.1 Å². The van der Waals surface area contributed by atoms with Gasteiger partial charge in [-0.25, -0.2) is 4.79 Å². The normalized spacial score (nSPS) is 20.8. The number of Topliss-reactive ketones (excluding diaryl/α,β-unsaturated/α-hetero) is 1. The maximum absolute atomic E-state index is 14.6. The fourth-order valence-electron chi connectivity index (χ4n) is 6.65. The second-order valence-corrected chi connectivity index (χ2v) is 16.1. The van der Waals surface area contributed by atoms with Gasteiger partial charge in [0.15, 0.2) is 0 Å². The highest BCUT2D eigenvalue weighted by atomic mass is 16.5. The number of rotatable bonds is 16. The number of amides is 5. The van der Waals surface area contributed by atoms with Crippen LogP contribution in [0.3, 0.4) is 0 Å². The minimum Gasteiger partial charge on any atom is -0.374 e. The number of hydrogen-bond donors (Lipinski definition) is 4. The van der Waals surface area contributed by atoms with Crippen molar-refractivity contribution < 1.29 is 28.7 Å². The van der Waals surface area contributed by atoms with E-state index in [9.17, 15) is 24.0 Å². The van der Waals surface area contributed by atoms with Crippen LogP contribution < -0.4 is 21.3 Å². The lowest BCUT2D eigenvalue weighted by atomic mass is 9.82. The van der Waals surface area contributed by atoms with Crippen LogP contribution in [0, 0.1) is 23.2 Å². The topological polar surface area (TPSA) is 146 Å². The first-order valence-corrected chi connectivity index (χ1v) is 18.2. The van der Waals surface area contributed by atoms with Crippen molar-refractivity contribution in [2.45, 2.75) is 150 Å². The predicted octanol–water partition coefficient (Wildman–Crippen LogP) is 4.88. The zero-order valence-electron chi connectivity index (χ0n) is 31.2. The SMILES string of the molecule is C=CCNC(=O)C(=O)C(CCCC)NC(=O)[C@@H]1[C@@H](C(C)C)CCN1C(=O)[C@@H](NC(=O)N[C@H](COC(C)(C)C)C(C)(C)C)C1CCCCC1. The van der Waals surface area contributed by atoms with Crippen LogP contribution in [0.15, 0.2) is 12.7 Å².